The summed E-state index contributed by atoms with van der Waals surface area (Å²) in [6, 6.07) is 7.60. The predicted molar refractivity (Wildman–Crippen MR) is 81.5 cm³/mol. The third-order valence-electron chi connectivity index (χ3n) is 4.31. The Morgan fingerprint density at radius 2 is 1.90 bits per heavy atom. The van der Waals surface area contributed by atoms with E-state index in [0.29, 0.717) is 6.61 Å². The van der Waals surface area contributed by atoms with Gasteiger partial charge in [0.1, 0.15) is 12.4 Å². The van der Waals surface area contributed by atoms with Gasteiger partial charge in [-0.3, -0.25) is 4.79 Å². The zero-order valence-corrected chi connectivity index (χ0v) is 12.3. The normalized spacial score (nSPS) is 22.4. The molecule has 1 N–H and O–H groups in total. The monoisotopic (exact) mass is 289 g/mol. The lowest BCUT2D eigenvalue weighted by Gasteiger charge is -2.13. The molecule has 0 spiro atoms. The van der Waals surface area contributed by atoms with Gasteiger partial charge < -0.3 is 14.8 Å². The summed E-state index contributed by atoms with van der Waals surface area (Å²) < 4.78 is 11.2. The molecule has 1 unspecified atom stereocenters. The van der Waals surface area contributed by atoms with Crippen molar-refractivity contribution >= 4 is 11.6 Å². The summed E-state index contributed by atoms with van der Waals surface area (Å²) in [6.45, 7) is 1.45. The van der Waals surface area contributed by atoms with Gasteiger partial charge in [-0.2, -0.15) is 0 Å². The second-order valence-corrected chi connectivity index (χ2v) is 5.94. The fourth-order valence-corrected chi connectivity index (χ4v) is 3.03. The average Bonchev–Trinajstić information content (AvgIpc) is 3.20. The lowest BCUT2D eigenvalue weighted by molar-refractivity contribution is -0.119. The molecule has 1 heterocycles. The number of carbonyl (C=O) groups excluding carboxylic acids is 1. The molecule has 0 aromatic heterocycles. The summed E-state index contributed by atoms with van der Waals surface area (Å²) in [7, 11) is 0. The third kappa shape index (κ3) is 3.97. The molecule has 1 aliphatic carbocycles. The Kier molecular flexibility index (Phi) is 4.76. The summed E-state index contributed by atoms with van der Waals surface area (Å²) >= 11 is 0. The molecule has 1 amide bonds. The Balaban J connectivity index is 1.47. The van der Waals surface area contributed by atoms with E-state index in [0.717, 1.165) is 43.7 Å². The van der Waals surface area contributed by atoms with Crippen LogP contribution in [0.1, 0.15) is 38.5 Å². The van der Waals surface area contributed by atoms with E-state index in [4.69, 9.17) is 9.47 Å². The minimum atomic E-state index is 0.153. The average molecular weight is 289 g/mol. The summed E-state index contributed by atoms with van der Waals surface area (Å²) in [6.07, 6.45) is 6.83. The van der Waals surface area contributed by atoms with Crippen molar-refractivity contribution in [3.05, 3.63) is 24.3 Å². The molecule has 0 radical (unpaired) electrons. The molecule has 1 atom stereocenters. The van der Waals surface area contributed by atoms with E-state index in [1.807, 2.05) is 24.3 Å². The van der Waals surface area contributed by atoms with E-state index in [1.54, 1.807) is 0 Å². The minimum Gasteiger partial charge on any atom is -0.491 e. The number of anilines is 1. The zero-order chi connectivity index (χ0) is 14.5. The molecule has 114 valence electrons. The Morgan fingerprint density at radius 1 is 1.14 bits per heavy atom. The first-order valence-corrected chi connectivity index (χ1v) is 7.96. The minimum absolute atomic E-state index is 0.153. The van der Waals surface area contributed by atoms with Crippen molar-refractivity contribution in [3.8, 4) is 5.75 Å². The van der Waals surface area contributed by atoms with E-state index in [9.17, 15) is 4.79 Å². The van der Waals surface area contributed by atoms with Crippen LogP contribution in [0.2, 0.25) is 0 Å². The van der Waals surface area contributed by atoms with Gasteiger partial charge in [0.15, 0.2) is 0 Å². The number of benzene rings is 1. The van der Waals surface area contributed by atoms with Gasteiger partial charge in [0, 0.05) is 18.2 Å². The van der Waals surface area contributed by atoms with E-state index < -0.39 is 0 Å². The van der Waals surface area contributed by atoms with Gasteiger partial charge in [-0.1, -0.05) is 12.8 Å². The number of nitrogens with one attached hydrogen (secondary N) is 1. The molecular weight excluding hydrogens is 266 g/mol. The molecule has 2 fully saturated rings. The van der Waals surface area contributed by atoms with Gasteiger partial charge in [0.25, 0.3) is 0 Å². The van der Waals surface area contributed by atoms with Crippen LogP contribution in [0, 0.1) is 5.92 Å². The maximum Gasteiger partial charge on any atom is 0.227 e. The molecule has 2 aliphatic rings. The number of hydrogen-bond donors (Lipinski definition) is 1. The first-order chi connectivity index (χ1) is 10.3. The molecule has 4 nitrogen and oxygen atoms in total. The predicted octanol–water partition coefficient (Wildman–Crippen LogP) is 3.37. The molecule has 1 saturated heterocycles. The van der Waals surface area contributed by atoms with Crippen molar-refractivity contribution in [3.63, 3.8) is 0 Å². The van der Waals surface area contributed by atoms with E-state index in [-0.39, 0.29) is 17.9 Å². The maximum atomic E-state index is 12.0. The fourth-order valence-electron chi connectivity index (χ4n) is 3.03. The van der Waals surface area contributed by atoms with Crippen LogP contribution in [-0.4, -0.2) is 25.2 Å². The molecule has 1 aliphatic heterocycles. The van der Waals surface area contributed by atoms with Crippen LogP contribution >= 0.6 is 0 Å². The molecule has 1 aromatic carbocycles. The Labute approximate surface area is 125 Å². The van der Waals surface area contributed by atoms with Crippen molar-refractivity contribution in [2.75, 3.05) is 18.5 Å². The number of hydrogen-bond acceptors (Lipinski definition) is 3. The van der Waals surface area contributed by atoms with Gasteiger partial charge >= 0.3 is 0 Å². The van der Waals surface area contributed by atoms with Gasteiger partial charge in [-0.15, -0.1) is 0 Å². The van der Waals surface area contributed by atoms with Crippen molar-refractivity contribution < 1.29 is 14.3 Å². The van der Waals surface area contributed by atoms with E-state index >= 15 is 0 Å². The lowest BCUT2D eigenvalue weighted by Crippen LogP contribution is -2.20. The highest BCUT2D eigenvalue weighted by Crippen LogP contribution is 2.26. The highest BCUT2D eigenvalue weighted by atomic mass is 16.5. The van der Waals surface area contributed by atoms with Crippen LogP contribution in [0.5, 0.6) is 5.75 Å². The van der Waals surface area contributed by atoms with Crippen molar-refractivity contribution in [1.82, 2.24) is 0 Å². The van der Waals surface area contributed by atoms with Gasteiger partial charge in [-0.05, 0) is 49.9 Å². The van der Waals surface area contributed by atoms with E-state index in [1.165, 1.54) is 12.8 Å². The molecule has 0 bridgehead atoms. The Bertz CT molecular complexity index is 459. The van der Waals surface area contributed by atoms with Crippen molar-refractivity contribution in [2.45, 2.75) is 44.6 Å². The summed E-state index contributed by atoms with van der Waals surface area (Å²) in [5, 5.41) is 2.99. The number of rotatable bonds is 5. The molecular formula is C17H23NO3. The maximum absolute atomic E-state index is 12.0. The van der Waals surface area contributed by atoms with Crippen LogP contribution in [0.4, 0.5) is 5.69 Å². The highest BCUT2D eigenvalue weighted by Gasteiger charge is 2.22. The second-order valence-electron chi connectivity index (χ2n) is 5.94. The van der Waals surface area contributed by atoms with Crippen molar-refractivity contribution in [1.29, 1.82) is 0 Å². The van der Waals surface area contributed by atoms with Gasteiger partial charge in [-0.25, -0.2) is 0 Å². The zero-order valence-electron chi connectivity index (χ0n) is 12.3. The van der Waals surface area contributed by atoms with E-state index in [2.05, 4.69) is 5.32 Å². The largest absolute Gasteiger partial charge is 0.491 e. The smallest absolute Gasteiger partial charge is 0.227 e. The number of ether oxygens (including phenoxy) is 2. The summed E-state index contributed by atoms with van der Waals surface area (Å²) in [5.41, 5.74) is 0.844. The SMILES string of the molecule is O=C(Nc1ccc(OCC2CCCO2)cc1)C1CCCC1. The second kappa shape index (κ2) is 6.94. The van der Waals surface area contributed by atoms with Crippen LogP contribution < -0.4 is 10.1 Å². The molecule has 21 heavy (non-hydrogen) atoms. The number of carbonyl (C=O) groups is 1. The Morgan fingerprint density at radius 3 is 2.57 bits per heavy atom. The first-order valence-electron chi connectivity index (χ1n) is 7.96. The third-order valence-corrected chi connectivity index (χ3v) is 4.31. The topological polar surface area (TPSA) is 47.6 Å². The Hall–Kier alpha value is -1.55. The number of amides is 1. The van der Waals surface area contributed by atoms with Crippen LogP contribution in [-0.2, 0) is 9.53 Å². The molecule has 3 rings (SSSR count). The fraction of sp³-hybridized carbons (Fsp3) is 0.588. The standard InChI is InChI=1S/C17H23NO3/c19-17(13-4-1-2-5-13)18-14-7-9-15(10-8-14)21-12-16-6-3-11-20-16/h7-10,13,16H,1-6,11-12H2,(H,18,19). The van der Waals surface area contributed by atoms with Gasteiger partial charge in [0.2, 0.25) is 5.91 Å². The highest BCUT2D eigenvalue weighted by molar-refractivity contribution is 5.92. The molecule has 1 saturated carbocycles. The summed E-state index contributed by atoms with van der Waals surface area (Å²) in [5.74, 6) is 1.17. The van der Waals surface area contributed by atoms with Gasteiger partial charge in [0.05, 0.1) is 6.10 Å². The quantitative estimate of drug-likeness (QED) is 0.904. The first kappa shape index (κ1) is 14.4. The van der Waals surface area contributed by atoms with Crippen LogP contribution in [0.15, 0.2) is 24.3 Å². The summed E-state index contributed by atoms with van der Waals surface area (Å²) in [4.78, 5) is 12.0. The van der Waals surface area contributed by atoms with Crippen LogP contribution in [0.25, 0.3) is 0 Å². The van der Waals surface area contributed by atoms with Crippen LogP contribution in [0.3, 0.4) is 0 Å². The van der Waals surface area contributed by atoms with Crippen molar-refractivity contribution in [2.24, 2.45) is 5.92 Å². The molecule has 1 aromatic rings. The molecule has 4 heteroatoms. The lowest BCUT2D eigenvalue weighted by atomic mass is 10.1.